The van der Waals surface area contributed by atoms with E-state index in [9.17, 15) is 14.4 Å². The van der Waals surface area contributed by atoms with Crippen LogP contribution in [0, 0.1) is 5.92 Å². The highest BCUT2D eigenvalue weighted by Gasteiger charge is 2.25. The van der Waals surface area contributed by atoms with Gasteiger partial charge in [0.2, 0.25) is 11.8 Å². The van der Waals surface area contributed by atoms with E-state index in [0.717, 1.165) is 25.2 Å². The molecule has 0 atom stereocenters. The van der Waals surface area contributed by atoms with Crippen molar-refractivity contribution in [2.45, 2.75) is 90.2 Å². The lowest BCUT2D eigenvalue weighted by molar-refractivity contribution is -0.132. The lowest BCUT2D eigenvalue weighted by Gasteiger charge is -2.33. The number of carbonyl (C=O) groups excluding carboxylic acids is 3. The Morgan fingerprint density at radius 2 is 1.64 bits per heavy atom. The summed E-state index contributed by atoms with van der Waals surface area (Å²) in [5, 5.41) is 5.40. The molecule has 2 aliphatic rings. The number of alkyl carbamates (subject to hydrolysis) is 1. The van der Waals surface area contributed by atoms with E-state index in [1.165, 1.54) is 32.1 Å². The first-order valence-electron chi connectivity index (χ1n) is 10.8. The molecule has 0 aromatic rings. The summed E-state index contributed by atoms with van der Waals surface area (Å²) in [4.78, 5) is 38.0. The Morgan fingerprint density at radius 1 is 1.00 bits per heavy atom. The van der Waals surface area contributed by atoms with E-state index in [-0.39, 0.29) is 24.4 Å². The second-order valence-corrected chi connectivity index (χ2v) is 9.12. The number of amides is 3. The number of hydrogen-bond acceptors (Lipinski definition) is 4. The Hall–Kier alpha value is -1.79. The number of rotatable bonds is 6. The largest absolute Gasteiger partial charge is 0.444 e. The lowest BCUT2D eigenvalue weighted by atomic mass is 9.86. The van der Waals surface area contributed by atoms with Crippen molar-refractivity contribution >= 4 is 17.9 Å². The van der Waals surface area contributed by atoms with Crippen molar-refractivity contribution in [2.75, 3.05) is 19.6 Å². The van der Waals surface area contributed by atoms with Gasteiger partial charge in [0.25, 0.3) is 0 Å². The van der Waals surface area contributed by atoms with Crippen LogP contribution in [0.25, 0.3) is 0 Å². The van der Waals surface area contributed by atoms with Gasteiger partial charge in [0.05, 0.1) is 0 Å². The van der Waals surface area contributed by atoms with Gasteiger partial charge in [-0.2, -0.15) is 0 Å². The van der Waals surface area contributed by atoms with Crippen LogP contribution in [0.1, 0.15) is 78.6 Å². The molecule has 3 amide bonds. The second kappa shape index (κ2) is 10.7. The maximum absolute atomic E-state index is 12.4. The van der Waals surface area contributed by atoms with Crippen molar-refractivity contribution in [3.63, 3.8) is 0 Å². The van der Waals surface area contributed by atoms with Gasteiger partial charge in [0, 0.05) is 25.6 Å². The first-order chi connectivity index (χ1) is 13.2. The Labute approximate surface area is 168 Å². The molecule has 28 heavy (non-hydrogen) atoms. The van der Waals surface area contributed by atoms with Crippen LogP contribution in [-0.4, -0.2) is 54.1 Å². The summed E-state index contributed by atoms with van der Waals surface area (Å²) in [5.74, 6) is 0.752. The van der Waals surface area contributed by atoms with Gasteiger partial charge in [-0.1, -0.05) is 32.1 Å². The SMILES string of the molecule is CC(C)(C)OC(=O)NCC(=O)NC1CCN(C(=O)CCC2CCCCC2)CC1. The third kappa shape index (κ3) is 8.48. The maximum atomic E-state index is 12.4. The van der Waals surface area contributed by atoms with Crippen LogP contribution in [-0.2, 0) is 14.3 Å². The highest BCUT2D eigenvalue weighted by molar-refractivity contribution is 5.82. The normalized spacial score (nSPS) is 19.2. The molecule has 1 heterocycles. The molecular formula is C21H37N3O4. The maximum Gasteiger partial charge on any atom is 0.408 e. The molecule has 0 unspecified atom stereocenters. The number of ether oxygens (including phenoxy) is 1. The molecule has 1 saturated heterocycles. The Morgan fingerprint density at radius 3 is 2.25 bits per heavy atom. The Balaban J connectivity index is 1.60. The minimum atomic E-state index is -0.596. The molecule has 1 aliphatic heterocycles. The molecule has 2 fully saturated rings. The third-order valence-corrected chi connectivity index (χ3v) is 5.50. The summed E-state index contributed by atoms with van der Waals surface area (Å²) < 4.78 is 5.11. The quantitative estimate of drug-likeness (QED) is 0.724. The van der Waals surface area contributed by atoms with Gasteiger partial charge in [0.1, 0.15) is 12.1 Å². The standard InChI is InChI=1S/C21H37N3O4/c1-21(2,3)28-20(27)22-15-18(25)23-17-11-13-24(14-12-17)19(26)10-9-16-7-5-4-6-8-16/h16-17H,4-15H2,1-3H3,(H,22,27)(H,23,25). The predicted octanol–water partition coefficient (Wildman–Crippen LogP) is 2.98. The monoisotopic (exact) mass is 395 g/mol. The van der Waals surface area contributed by atoms with Crippen LogP contribution < -0.4 is 10.6 Å². The first kappa shape index (κ1) is 22.5. The van der Waals surface area contributed by atoms with Crippen molar-refractivity contribution in [1.82, 2.24) is 15.5 Å². The highest BCUT2D eigenvalue weighted by Crippen LogP contribution is 2.27. The predicted molar refractivity (Wildman–Crippen MR) is 108 cm³/mol. The summed E-state index contributed by atoms with van der Waals surface area (Å²) >= 11 is 0. The van der Waals surface area contributed by atoms with Gasteiger partial charge in [-0.3, -0.25) is 9.59 Å². The van der Waals surface area contributed by atoms with E-state index in [4.69, 9.17) is 4.74 Å². The van der Waals surface area contributed by atoms with Crippen LogP contribution in [0.2, 0.25) is 0 Å². The van der Waals surface area contributed by atoms with Crippen LogP contribution in [0.3, 0.4) is 0 Å². The Bertz CT molecular complexity index is 530. The topological polar surface area (TPSA) is 87.7 Å². The van der Waals surface area contributed by atoms with E-state index in [2.05, 4.69) is 10.6 Å². The number of nitrogens with one attached hydrogen (secondary N) is 2. The van der Waals surface area contributed by atoms with Gasteiger partial charge in [0.15, 0.2) is 0 Å². The van der Waals surface area contributed by atoms with Crippen molar-refractivity contribution in [1.29, 1.82) is 0 Å². The number of hydrogen-bond donors (Lipinski definition) is 2. The van der Waals surface area contributed by atoms with E-state index >= 15 is 0 Å². The van der Waals surface area contributed by atoms with Crippen molar-refractivity contribution in [3.8, 4) is 0 Å². The number of nitrogens with zero attached hydrogens (tertiary/aromatic N) is 1. The average molecular weight is 396 g/mol. The second-order valence-electron chi connectivity index (χ2n) is 9.12. The van der Waals surface area contributed by atoms with Gasteiger partial charge in [-0.15, -0.1) is 0 Å². The fraction of sp³-hybridized carbons (Fsp3) is 0.857. The smallest absolute Gasteiger partial charge is 0.408 e. The van der Waals surface area contributed by atoms with Crippen LogP contribution >= 0.6 is 0 Å². The molecule has 0 spiro atoms. The van der Waals surface area contributed by atoms with Gasteiger partial charge < -0.3 is 20.3 Å². The summed E-state index contributed by atoms with van der Waals surface area (Å²) in [6.07, 6.45) is 9.11. The molecule has 0 radical (unpaired) electrons. The molecule has 160 valence electrons. The van der Waals surface area contributed by atoms with Crippen LogP contribution in [0.5, 0.6) is 0 Å². The zero-order chi connectivity index (χ0) is 20.6. The molecule has 2 N–H and O–H groups in total. The van der Waals surface area contributed by atoms with Crippen LogP contribution in [0.4, 0.5) is 4.79 Å². The summed E-state index contributed by atoms with van der Waals surface area (Å²) in [5.41, 5.74) is -0.586. The van der Waals surface area contributed by atoms with Gasteiger partial charge in [-0.25, -0.2) is 4.79 Å². The van der Waals surface area contributed by atoms with Crippen molar-refractivity contribution < 1.29 is 19.1 Å². The Kier molecular flexibility index (Phi) is 8.58. The molecule has 1 aliphatic carbocycles. The number of likely N-dealkylation sites (tertiary alicyclic amines) is 1. The van der Waals surface area contributed by atoms with Crippen molar-refractivity contribution in [2.24, 2.45) is 5.92 Å². The van der Waals surface area contributed by atoms with Gasteiger partial charge in [-0.05, 0) is 46.0 Å². The molecule has 2 rings (SSSR count). The summed E-state index contributed by atoms with van der Waals surface area (Å²) in [6.45, 7) is 6.60. The summed E-state index contributed by atoms with van der Waals surface area (Å²) in [6, 6.07) is 0.0512. The van der Waals surface area contributed by atoms with Crippen molar-refractivity contribution in [3.05, 3.63) is 0 Å². The van der Waals surface area contributed by atoms with Gasteiger partial charge >= 0.3 is 6.09 Å². The first-order valence-corrected chi connectivity index (χ1v) is 10.8. The molecule has 0 aromatic carbocycles. The zero-order valence-corrected chi connectivity index (χ0v) is 17.7. The molecule has 1 saturated carbocycles. The molecule has 7 heteroatoms. The fourth-order valence-electron chi connectivity index (χ4n) is 3.98. The van der Waals surface area contributed by atoms with E-state index in [0.29, 0.717) is 19.5 Å². The lowest BCUT2D eigenvalue weighted by Crippen LogP contribution is -2.49. The zero-order valence-electron chi connectivity index (χ0n) is 17.7. The third-order valence-electron chi connectivity index (χ3n) is 5.50. The summed E-state index contributed by atoms with van der Waals surface area (Å²) in [7, 11) is 0. The molecule has 7 nitrogen and oxygen atoms in total. The van der Waals surface area contributed by atoms with E-state index < -0.39 is 11.7 Å². The highest BCUT2D eigenvalue weighted by atomic mass is 16.6. The van der Waals surface area contributed by atoms with E-state index in [1.807, 2.05) is 4.90 Å². The molecular weight excluding hydrogens is 358 g/mol. The van der Waals surface area contributed by atoms with Crippen LogP contribution in [0.15, 0.2) is 0 Å². The minimum Gasteiger partial charge on any atom is -0.444 e. The molecule has 0 bridgehead atoms. The minimum absolute atomic E-state index is 0.0512. The number of piperidine rings is 1. The average Bonchev–Trinajstić information content (AvgIpc) is 2.64. The molecule has 0 aromatic heterocycles. The fourth-order valence-corrected chi connectivity index (χ4v) is 3.98. The van der Waals surface area contributed by atoms with E-state index in [1.54, 1.807) is 20.8 Å². The number of carbonyl (C=O) groups is 3.